The molecule has 174 valence electrons. The van der Waals surface area contributed by atoms with Gasteiger partial charge in [0.25, 0.3) is 0 Å². The average molecular weight is 544 g/mol. The van der Waals surface area contributed by atoms with Crippen LogP contribution >= 0.6 is 40.3 Å². The number of hydrogen-bond acceptors (Lipinski definition) is 8. The Bertz CT molecular complexity index is 896. The lowest BCUT2D eigenvalue weighted by Crippen LogP contribution is -2.30. The molecule has 7 nitrogen and oxygen atoms in total. The molecule has 0 heterocycles. The normalized spacial score (nSPS) is 12.6. The number of esters is 1. The second kappa shape index (κ2) is 13.6. The molecule has 2 aromatic rings. The van der Waals surface area contributed by atoms with Crippen LogP contribution < -0.4 is 5.32 Å². The van der Waals surface area contributed by atoms with Crippen molar-refractivity contribution in [1.82, 2.24) is 0 Å². The Morgan fingerprint density at radius 3 is 2.56 bits per heavy atom. The quantitative estimate of drug-likeness (QED) is 0.197. The lowest BCUT2D eigenvalue weighted by molar-refractivity contribution is -0.142. The third-order valence-corrected chi connectivity index (χ3v) is 5.87. The second-order valence-corrected chi connectivity index (χ2v) is 8.66. The fourth-order valence-corrected chi connectivity index (χ4v) is 3.78. The van der Waals surface area contributed by atoms with Gasteiger partial charge in [-0.15, -0.1) is 11.8 Å². The predicted octanol–water partition coefficient (Wildman–Crippen LogP) is 5.43. The maximum Gasteiger partial charge on any atom is 0.412 e. The molecule has 0 bridgehead atoms. The molecule has 0 saturated carbocycles. The molecule has 2 rings (SSSR count). The number of phenols is 1. The van der Waals surface area contributed by atoms with Gasteiger partial charge in [0.05, 0.1) is 12.4 Å². The molecule has 0 aliphatic carbocycles. The molecular weight excluding hydrogens is 518 g/mol. The number of rotatable bonds is 11. The molecule has 0 aliphatic rings. The van der Waals surface area contributed by atoms with E-state index < -0.39 is 24.3 Å². The van der Waals surface area contributed by atoms with Crippen molar-refractivity contribution in [2.45, 2.75) is 30.4 Å². The van der Waals surface area contributed by atoms with Crippen LogP contribution in [0.1, 0.15) is 25.0 Å². The zero-order chi connectivity index (χ0) is 23.5. The third kappa shape index (κ3) is 8.23. The van der Waals surface area contributed by atoms with E-state index in [1.807, 2.05) is 18.4 Å². The Morgan fingerprint density at radius 2 is 1.94 bits per heavy atom. The summed E-state index contributed by atoms with van der Waals surface area (Å²) in [5.74, 6) is -0.547. The number of phenolic OH excluding ortho intramolecular Hbond substituents is 1. The Hall–Kier alpha value is -1.88. The van der Waals surface area contributed by atoms with Crippen molar-refractivity contribution < 1.29 is 28.9 Å². The van der Waals surface area contributed by atoms with Gasteiger partial charge in [-0.1, -0.05) is 15.9 Å². The van der Waals surface area contributed by atoms with Gasteiger partial charge in [-0.05, 0) is 55.6 Å². The van der Waals surface area contributed by atoms with E-state index in [-0.39, 0.29) is 24.5 Å². The zero-order valence-electron chi connectivity index (χ0n) is 17.7. The van der Waals surface area contributed by atoms with Crippen molar-refractivity contribution in [3.8, 4) is 5.75 Å². The molecule has 0 saturated heterocycles. The topological polar surface area (TPSA) is 94.1 Å². The summed E-state index contributed by atoms with van der Waals surface area (Å²) in [5.41, 5.74) is 0.937. The Balaban J connectivity index is 2.24. The van der Waals surface area contributed by atoms with E-state index in [1.165, 1.54) is 6.07 Å². The summed E-state index contributed by atoms with van der Waals surface area (Å²) < 4.78 is 17.3. The van der Waals surface area contributed by atoms with Gasteiger partial charge in [0.1, 0.15) is 11.9 Å². The molecule has 0 spiro atoms. The summed E-state index contributed by atoms with van der Waals surface area (Å²) in [6.07, 6.45) is -0.110. The summed E-state index contributed by atoms with van der Waals surface area (Å²) in [4.78, 5) is 25.2. The number of amides is 1. The van der Waals surface area contributed by atoms with E-state index in [0.717, 1.165) is 4.90 Å². The number of thioether (sulfide) groups is 1. The van der Waals surface area contributed by atoms with E-state index in [2.05, 4.69) is 33.9 Å². The fraction of sp³-hybridized carbons (Fsp3) is 0.364. The summed E-state index contributed by atoms with van der Waals surface area (Å²) in [6, 6.07) is 12.1. The van der Waals surface area contributed by atoms with Crippen LogP contribution in [0.25, 0.3) is 0 Å². The summed E-state index contributed by atoms with van der Waals surface area (Å²) in [6.45, 7) is 2.19. The number of thiol groups is 1. The van der Waals surface area contributed by atoms with Gasteiger partial charge in [0, 0.05) is 33.6 Å². The standard InChI is InChI=1S/C22H26BrNO6S2/c1-3-28-19(10-11-29-20(26)13-31)21(17-12-14(23)4-9-18(17)25)30-22(27)24-15-5-7-16(32-2)8-6-15/h4-9,12,19,21,25,31H,3,10-11,13H2,1-2H3,(H,24,27)/t19-,21-/m1/s1. The predicted molar refractivity (Wildman–Crippen MR) is 132 cm³/mol. The first-order valence-corrected chi connectivity index (χ1v) is 12.5. The molecule has 2 N–H and O–H groups in total. The first-order valence-electron chi connectivity index (χ1n) is 9.86. The van der Waals surface area contributed by atoms with Gasteiger partial charge >= 0.3 is 12.1 Å². The maximum absolute atomic E-state index is 12.7. The largest absolute Gasteiger partial charge is 0.508 e. The smallest absolute Gasteiger partial charge is 0.412 e. The minimum atomic E-state index is -0.951. The maximum atomic E-state index is 12.7. The highest BCUT2D eigenvalue weighted by Crippen LogP contribution is 2.34. The van der Waals surface area contributed by atoms with Gasteiger partial charge in [-0.25, -0.2) is 4.79 Å². The van der Waals surface area contributed by atoms with Crippen LogP contribution in [0.5, 0.6) is 5.75 Å². The SMILES string of the molecule is CCO[C@H](CCOC(=O)CS)[C@H](OC(=O)Nc1ccc(SC)cc1)c1cc(Br)ccc1O. The van der Waals surface area contributed by atoms with Gasteiger partial charge in [-0.3, -0.25) is 10.1 Å². The van der Waals surface area contributed by atoms with E-state index in [0.29, 0.717) is 22.3 Å². The minimum Gasteiger partial charge on any atom is -0.508 e. The fourth-order valence-electron chi connectivity index (χ4n) is 2.90. The molecule has 1 amide bonds. The van der Waals surface area contributed by atoms with Crippen LogP contribution in [0.2, 0.25) is 0 Å². The molecule has 2 atom stereocenters. The van der Waals surface area contributed by atoms with Crippen LogP contribution in [-0.4, -0.2) is 48.5 Å². The number of benzene rings is 2. The van der Waals surface area contributed by atoms with E-state index in [9.17, 15) is 14.7 Å². The van der Waals surface area contributed by atoms with Crippen LogP contribution in [0.4, 0.5) is 10.5 Å². The van der Waals surface area contributed by atoms with Crippen molar-refractivity contribution in [3.63, 3.8) is 0 Å². The van der Waals surface area contributed by atoms with Crippen LogP contribution in [-0.2, 0) is 19.0 Å². The highest BCUT2D eigenvalue weighted by atomic mass is 79.9. The van der Waals surface area contributed by atoms with Crippen molar-refractivity contribution >= 4 is 58.1 Å². The highest BCUT2D eigenvalue weighted by Gasteiger charge is 2.30. The monoisotopic (exact) mass is 543 g/mol. The van der Waals surface area contributed by atoms with Crippen molar-refractivity contribution in [2.75, 3.05) is 30.5 Å². The minimum absolute atomic E-state index is 0.0383. The number of carbonyl (C=O) groups is 2. The van der Waals surface area contributed by atoms with E-state index >= 15 is 0 Å². The Labute approximate surface area is 205 Å². The van der Waals surface area contributed by atoms with E-state index in [1.54, 1.807) is 43.0 Å². The molecule has 32 heavy (non-hydrogen) atoms. The second-order valence-electron chi connectivity index (χ2n) is 6.54. The van der Waals surface area contributed by atoms with Crippen LogP contribution in [0, 0.1) is 0 Å². The average Bonchev–Trinajstić information content (AvgIpc) is 2.79. The van der Waals surface area contributed by atoms with Gasteiger partial charge in [-0.2, -0.15) is 12.6 Å². The lowest BCUT2D eigenvalue weighted by atomic mass is 10.0. The number of hydrogen-bond donors (Lipinski definition) is 3. The highest BCUT2D eigenvalue weighted by molar-refractivity contribution is 9.10. The molecule has 0 radical (unpaired) electrons. The summed E-state index contributed by atoms with van der Waals surface area (Å²) >= 11 is 8.86. The third-order valence-electron chi connectivity index (χ3n) is 4.38. The number of carbonyl (C=O) groups excluding carboxylic acids is 2. The van der Waals surface area contributed by atoms with Gasteiger partial charge in [0.15, 0.2) is 6.10 Å². The number of anilines is 1. The number of aromatic hydroxyl groups is 1. The molecule has 10 heteroatoms. The van der Waals surface area contributed by atoms with Crippen LogP contribution in [0.15, 0.2) is 51.8 Å². The van der Waals surface area contributed by atoms with Crippen molar-refractivity contribution in [1.29, 1.82) is 0 Å². The Morgan fingerprint density at radius 1 is 1.22 bits per heavy atom. The molecule has 0 unspecified atom stereocenters. The number of nitrogens with one attached hydrogen (secondary N) is 1. The number of halogens is 1. The number of ether oxygens (including phenoxy) is 3. The first kappa shape index (κ1) is 26.4. The van der Waals surface area contributed by atoms with Gasteiger partial charge in [0.2, 0.25) is 0 Å². The van der Waals surface area contributed by atoms with Crippen molar-refractivity contribution in [3.05, 3.63) is 52.5 Å². The summed E-state index contributed by atoms with van der Waals surface area (Å²) in [5, 5.41) is 13.1. The van der Waals surface area contributed by atoms with Crippen LogP contribution in [0.3, 0.4) is 0 Å². The molecule has 0 fully saturated rings. The Kier molecular flexibility index (Phi) is 11.2. The lowest BCUT2D eigenvalue weighted by Gasteiger charge is -2.28. The molecule has 0 aliphatic heterocycles. The van der Waals surface area contributed by atoms with Crippen molar-refractivity contribution in [2.24, 2.45) is 0 Å². The molecule has 0 aromatic heterocycles. The van der Waals surface area contributed by atoms with E-state index in [4.69, 9.17) is 14.2 Å². The first-order chi connectivity index (χ1) is 15.4. The molecular formula is C22H26BrNO6S2. The molecule has 2 aromatic carbocycles. The summed E-state index contributed by atoms with van der Waals surface area (Å²) in [7, 11) is 0. The van der Waals surface area contributed by atoms with Gasteiger partial charge < -0.3 is 19.3 Å². The zero-order valence-corrected chi connectivity index (χ0v) is 21.0.